The first-order chi connectivity index (χ1) is 11.5. The van der Waals surface area contributed by atoms with Crippen molar-refractivity contribution in [3.05, 3.63) is 58.3 Å². The Bertz CT molecular complexity index is 764. The van der Waals surface area contributed by atoms with Crippen LogP contribution in [-0.4, -0.2) is 28.2 Å². The minimum atomic E-state index is -0.321. The largest absolute Gasteiger partial charge is 0.337 e. The van der Waals surface area contributed by atoms with Crippen molar-refractivity contribution in [2.24, 2.45) is 5.92 Å². The van der Waals surface area contributed by atoms with Crippen molar-refractivity contribution in [1.82, 2.24) is 9.88 Å². The minimum absolute atomic E-state index is 0.00555. The molecule has 0 radical (unpaired) electrons. The fourth-order valence-corrected chi connectivity index (χ4v) is 3.03. The van der Waals surface area contributed by atoms with E-state index in [1.807, 2.05) is 37.3 Å². The summed E-state index contributed by atoms with van der Waals surface area (Å²) in [5, 5.41) is 2.91. The zero-order chi connectivity index (χ0) is 17.1. The molecule has 2 amide bonds. The van der Waals surface area contributed by atoms with Gasteiger partial charge in [0.1, 0.15) is 0 Å². The summed E-state index contributed by atoms with van der Waals surface area (Å²) in [5.74, 6) is -0.428. The van der Waals surface area contributed by atoms with Crippen molar-refractivity contribution in [2.45, 2.75) is 19.9 Å². The van der Waals surface area contributed by atoms with Gasteiger partial charge in [-0.3, -0.25) is 14.6 Å². The standard InChI is InChI=1S/C18H18BrN3O2/c1-12-7-15(4-5-16(12)19)21-18(24)14-8-17(23)22(11-14)10-13-3-2-6-20-9-13/h2-7,9,14H,8,10-11H2,1H3,(H,21,24). The first kappa shape index (κ1) is 16.6. The number of amides is 2. The molecule has 1 saturated heterocycles. The highest BCUT2D eigenvalue weighted by Crippen LogP contribution is 2.24. The average Bonchev–Trinajstić information content (AvgIpc) is 2.93. The molecule has 0 aliphatic carbocycles. The van der Waals surface area contributed by atoms with E-state index in [0.717, 1.165) is 21.3 Å². The summed E-state index contributed by atoms with van der Waals surface area (Å²) >= 11 is 3.44. The summed E-state index contributed by atoms with van der Waals surface area (Å²) in [6.45, 7) is 2.90. The number of aromatic nitrogens is 1. The zero-order valence-electron chi connectivity index (χ0n) is 13.3. The van der Waals surface area contributed by atoms with E-state index in [4.69, 9.17) is 0 Å². The normalized spacial score (nSPS) is 17.2. The molecule has 0 spiro atoms. The van der Waals surface area contributed by atoms with Crippen LogP contribution in [0.5, 0.6) is 0 Å². The molecule has 2 aromatic rings. The van der Waals surface area contributed by atoms with Crippen LogP contribution in [0, 0.1) is 12.8 Å². The van der Waals surface area contributed by atoms with Crippen LogP contribution in [0.4, 0.5) is 5.69 Å². The van der Waals surface area contributed by atoms with Gasteiger partial charge in [0.25, 0.3) is 0 Å². The second-order valence-electron chi connectivity index (χ2n) is 5.99. The van der Waals surface area contributed by atoms with E-state index in [0.29, 0.717) is 13.1 Å². The van der Waals surface area contributed by atoms with Crippen LogP contribution in [0.3, 0.4) is 0 Å². The molecule has 1 aliphatic rings. The number of nitrogens with zero attached hydrogens (tertiary/aromatic N) is 2. The summed E-state index contributed by atoms with van der Waals surface area (Å²) in [7, 11) is 0. The van der Waals surface area contributed by atoms with E-state index < -0.39 is 0 Å². The van der Waals surface area contributed by atoms with Gasteiger partial charge in [-0.25, -0.2) is 0 Å². The third-order valence-corrected chi connectivity index (χ3v) is 5.00. The van der Waals surface area contributed by atoms with Crippen LogP contribution >= 0.6 is 15.9 Å². The van der Waals surface area contributed by atoms with Gasteiger partial charge in [-0.15, -0.1) is 0 Å². The average molecular weight is 388 g/mol. The number of carbonyl (C=O) groups is 2. The fourth-order valence-electron chi connectivity index (χ4n) is 2.78. The minimum Gasteiger partial charge on any atom is -0.337 e. The molecule has 0 bridgehead atoms. The van der Waals surface area contributed by atoms with Gasteiger partial charge in [0.05, 0.1) is 5.92 Å². The predicted molar refractivity (Wildman–Crippen MR) is 95.3 cm³/mol. The van der Waals surface area contributed by atoms with Crippen LogP contribution in [0.25, 0.3) is 0 Å². The molecule has 1 N–H and O–H groups in total. The monoisotopic (exact) mass is 387 g/mol. The number of halogens is 1. The van der Waals surface area contributed by atoms with Crippen LogP contribution in [0.2, 0.25) is 0 Å². The fraction of sp³-hybridized carbons (Fsp3) is 0.278. The third-order valence-electron chi connectivity index (χ3n) is 4.11. The highest BCUT2D eigenvalue weighted by Gasteiger charge is 2.34. The molecule has 5 nitrogen and oxygen atoms in total. The molecule has 6 heteroatoms. The van der Waals surface area contributed by atoms with Gasteiger partial charge in [0.15, 0.2) is 0 Å². The molecule has 1 aliphatic heterocycles. The van der Waals surface area contributed by atoms with Gasteiger partial charge in [0.2, 0.25) is 11.8 Å². The Hall–Kier alpha value is -2.21. The topological polar surface area (TPSA) is 62.3 Å². The van der Waals surface area contributed by atoms with Crippen molar-refractivity contribution in [3.8, 4) is 0 Å². The number of pyridine rings is 1. The number of anilines is 1. The van der Waals surface area contributed by atoms with E-state index in [2.05, 4.69) is 26.2 Å². The van der Waals surface area contributed by atoms with E-state index in [1.165, 1.54) is 0 Å². The molecule has 1 fully saturated rings. The molecule has 0 saturated carbocycles. The van der Waals surface area contributed by atoms with E-state index in [9.17, 15) is 9.59 Å². The summed E-state index contributed by atoms with van der Waals surface area (Å²) < 4.78 is 0.999. The number of hydrogen-bond donors (Lipinski definition) is 1. The van der Waals surface area contributed by atoms with Crippen LogP contribution in [0.1, 0.15) is 17.5 Å². The van der Waals surface area contributed by atoms with Gasteiger partial charge in [0, 0.05) is 42.1 Å². The zero-order valence-corrected chi connectivity index (χ0v) is 14.9. The second kappa shape index (κ2) is 7.13. The van der Waals surface area contributed by atoms with Gasteiger partial charge >= 0.3 is 0 Å². The molecule has 3 rings (SSSR count). The summed E-state index contributed by atoms with van der Waals surface area (Å²) in [4.78, 5) is 30.4. The van der Waals surface area contributed by atoms with Gasteiger partial charge in [-0.2, -0.15) is 0 Å². The summed E-state index contributed by atoms with van der Waals surface area (Å²) in [6, 6.07) is 9.43. The maximum atomic E-state index is 12.4. The number of hydrogen-bond acceptors (Lipinski definition) is 3. The van der Waals surface area contributed by atoms with E-state index in [1.54, 1.807) is 17.3 Å². The van der Waals surface area contributed by atoms with Crippen molar-refractivity contribution >= 4 is 33.4 Å². The number of nitrogens with one attached hydrogen (secondary N) is 1. The first-order valence-corrected chi connectivity index (χ1v) is 8.56. The second-order valence-corrected chi connectivity index (χ2v) is 6.84. The Morgan fingerprint density at radius 1 is 1.42 bits per heavy atom. The summed E-state index contributed by atoms with van der Waals surface area (Å²) in [6.07, 6.45) is 3.69. The quantitative estimate of drug-likeness (QED) is 0.876. The summed E-state index contributed by atoms with van der Waals surface area (Å²) in [5.41, 5.74) is 2.77. The number of benzene rings is 1. The molecule has 1 atom stereocenters. The van der Waals surface area contributed by atoms with Crippen molar-refractivity contribution in [3.63, 3.8) is 0 Å². The third kappa shape index (κ3) is 3.82. The first-order valence-electron chi connectivity index (χ1n) is 7.76. The van der Waals surface area contributed by atoms with Gasteiger partial charge < -0.3 is 10.2 Å². The smallest absolute Gasteiger partial charge is 0.229 e. The van der Waals surface area contributed by atoms with Crippen LogP contribution in [-0.2, 0) is 16.1 Å². The molecular weight excluding hydrogens is 370 g/mol. The van der Waals surface area contributed by atoms with Crippen molar-refractivity contribution in [2.75, 3.05) is 11.9 Å². The maximum absolute atomic E-state index is 12.4. The molecule has 124 valence electrons. The van der Waals surface area contributed by atoms with Gasteiger partial charge in [-0.05, 0) is 42.3 Å². The molecular formula is C18H18BrN3O2. The lowest BCUT2D eigenvalue weighted by Crippen LogP contribution is -2.28. The van der Waals surface area contributed by atoms with Crippen molar-refractivity contribution in [1.29, 1.82) is 0 Å². The van der Waals surface area contributed by atoms with Crippen LogP contribution in [0.15, 0.2) is 47.2 Å². The molecule has 1 aromatic carbocycles. The van der Waals surface area contributed by atoms with Gasteiger partial charge in [-0.1, -0.05) is 22.0 Å². The lowest BCUT2D eigenvalue weighted by Gasteiger charge is -2.16. The SMILES string of the molecule is Cc1cc(NC(=O)C2CC(=O)N(Cc3cccnc3)C2)ccc1Br. The Morgan fingerprint density at radius 2 is 2.25 bits per heavy atom. The number of likely N-dealkylation sites (tertiary alicyclic amines) is 1. The lowest BCUT2D eigenvalue weighted by molar-refractivity contribution is -0.128. The highest BCUT2D eigenvalue weighted by molar-refractivity contribution is 9.10. The number of carbonyl (C=O) groups excluding carboxylic acids is 2. The molecule has 1 unspecified atom stereocenters. The Labute approximate surface area is 149 Å². The van der Waals surface area contributed by atoms with Crippen molar-refractivity contribution < 1.29 is 9.59 Å². The Balaban J connectivity index is 1.62. The highest BCUT2D eigenvalue weighted by atomic mass is 79.9. The predicted octanol–water partition coefficient (Wildman–Crippen LogP) is 3.14. The maximum Gasteiger partial charge on any atom is 0.229 e. The molecule has 24 heavy (non-hydrogen) atoms. The lowest BCUT2D eigenvalue weighted by atomic mass is 10.1. The molecule has 1 aromatic heterocycles. The molecule has 2 heterocycles. The van der Waals surface area contributed by atoms with E-state index in [-0.39, 0.29) is 24.2 Å². The number of rotatable bonds is 4. The van der Waals surface area contributed by atoms with E-state index >= 15 is 0 Å². The number of aryl methyl sites for hydroxylation is 1. The Morgan fingerprint density at radius 3 is 2.96 bits per heavy atom. The van der Waals surface area contributed by atoms with Crippen LogP contribution < -0.4 is 5.32 Å². The Kier molecular flexibility index (Phi) is 4.94.